The zero-order valence-electron chi connectivity index (χ0n) is 19.4. The van der Waals surface area contributed by atoms with Crippen LogP contribution in [0, 0.1) is 6.92 Å². The van der Waals surface area contributed by atoms with E-state index in [4.69, 9.17) is 0 Å². The molecule has 1 saturated heterocycles. The number of benzene rings is 2. The van der Waals surface area contributed by atoms with Crippen molar-refractivity contribution >= 4 is 33.4 Å². The van der Waals surface area contributed by atoms with Crippen LogP contribution in [0.4, 0.5) is 5.69 Å². The Morgan fingerprint density at radius 1 is 1.06 bits per heavy atom. The second kappa shape index (κ2) is 10.7. The summed E-state index contributed by atoms with van der Waals surface area (Å²) in [5, 5.41) is 12.0. The summed E-state index contributed by atoms with van der Waals surface area (Å²) in [4.78, 5) is 12.9. The summed E-state index contributed by atoms with van der Waals surface area (Å²) in [6.07, 6.45) is 3.47. The lowest BCUT2D eigenvalue weighted by atomic mass is 10.1. The predicted octanol–water partition coefficient (Wildman–Crippen LogP) is 3.62. The molecule has 1 amide bonds. The van der Waals surface area contributed by atoms with Crippen LogP contribution in [0.1, 0.15) is 36.2 Å². The number of sulfonamides is 1. The first kappa shape index (κ1) is 24.4. The molecule has 1 aliphatic rings. The standard InChI is InChI=1S/C24H29N5O3S2/c1-18-11-12-20(34(31,32)29-13-7-4-8-14-29)16-21(18)25-23(30)17-33-24-27-26-22(28(24)2)15-19-9-5-3-6-10-19/h3,5-6,9-12,16H,4,7-8,13-15,17H2,1-2H3,(H,25,30). The Kier molecular flexibility index (Phi) is 7.70. The first-order valence-electron chi connectivity index (χ1n) is 11.3. The molecule has 0 atom stereocenters. The van der Waals surface area contributed by atoms with Crippen LogP contribution in [-0.2, 0) is 28.3 Å². The van der Waals surface area contributed by atoms with Gasteiger partial charge in [0.15, 0.2) is 5.16 Å². The molecule has 3 aromatic rings. The summed E-state index contributed by atoms with van der Waals surface area (Å²) < 4.78 is 29.4. The van der Waals surface area contributed by atoms with Gasteiger partial charge in [-0.15, -0.1) is 10.2 Å². The van der Waals surface area contributed by atoms with Gasteiger partial charge in [-0.2, -0.15) is 4.31 Å². The minimum Gasteiger partial charge on any atom is -0.325 e. The van der Waals surface area contributed by atoms with E-state index in [1.54, 1.807) is 18.2 Å². The van der Waals surface area contributed by atoms with E-state index in [-0.39, 0.29) is 16.6 Å². The van der Waals surface area contributed by atoms with Crippen LogP contribution in [0.2, 0.25) is 0 Å². The number of nitrogens with one attached hydrogen (secondary N) is 1. The molecule has 1 fully saturated rings. The second-order valence-corrected chi connectivity index (χ2v) is 11.3. The summed E-state index contributed by atoms with van der Waals surface area (Å²) in [6.45, 7) is 2.93. The van der Waals surface area contributed by atoms with Crippen LogP contribution >= 0.6 is 11.8 Å². The van der Waals surface area contributed by atoms with Gasteiger partial charge >= 0.3 is 0 Å². The Labute approximate surface area is 204 Å². The van der Waals surface area contributed by atoms with E-state index in [0.717, 1.165) is 36.2 Å². The summed E-state index contributed by atoms with van der Waals surface area (Å²) in [5.74, 6) is 0.730. The van der Waals surface area contributed by atoms with Gasteiger partial charge in [0.1, 0.15) is 5.82 Å². The summed E-state index contributed by atoms with van der Waals surface area (Å²) >= 11 is 1.29. The molecule has 0 aliphatic carbocycles. The largest absolute Gasteiger partial charge is 0.325 e. The van der Waals surface area contributed by atoms with Gasteiger partial charge in [-0.1, -0.05) is 54.6 Å². The molecule has 1 N–H and O–H groups in total. The smallest absolute Gasteiger partial charge is 0.243 e. The number of carbonyl (C=O) groups excluding carboxylic acids is 1. The van der Waals surface area contributed by atoms with Gasteiger partial charge in [0, 0.05) is 32.2 Å². The second-order valence-electron chi connectivity index (χ2n) is 8.40. The maximum absolute atomic E-state index is 13.0. The molecule has 2 aromatic carbocycles. The van der Waals surface area contributed by atoms with Gasteiger partial charge in [-0.25, -0.2) is 8.42 Å². The van der Waals surface area contributed by atoms with Crippen LogP contribution < -0.4 is 5.32 Å². The normalized spacial score (nSPS) is 14.8. The van der Waals surface area contributed by atoms with E-state index >= 15 is 0 Å². The molecule has 10 heteroatoms. The van der Waals surface area contributed by atoms with Crippen molar-refractivity contribution in [2.24, 2.45) is 7.05 Å². The number of anilines is 1. The van der Waals surface area contributed by atoms with E-state index in [0.29, 0.717) is 30.4 Å². The third-order valence-electron chi connectivity index (χ3n) is 5.90. The van der Waals surface area contributed by atoms with Crippen molar-refractivity contribution < 1.29 is 13.2 Å². The molecule has 0 unspecified atom stereocenters. The Hall–Kier alpha value is -2.69. The minimum absolute atomic E-state index is 0.139. The Bertz CT molecular complexity index is 1250. The molecular formula is C24H29N5O3S2. The summed E-state index contributed by atoms with van der Waals surface area (Å²) in [5.41, 5.74) is 2.45. The molecule has 1 aliphatic heterocycles. The number of aromatic nitrogens is 3. The number of hydrogen-bond donors (Lipinski definition) is 1. The maximum atomic E-state index is 13.0. The topological polar surface area (TPSA) is 97.2 Å². The van der Waals surface area contributed by atoms with Crippen LogP contribution in [0.15, 0.2) is 58.6 Å². The number of aryl methyl sites for hydroxylation is 1. The number of amides is 1. The summed E-state index contributed by atoms with van der Waals surface area (Å²) in [7, 11) is -1.68. The fourth-order valence-electron chi connectivity index (χ4n) is 3.87. The summed E-state index contributed by atoms with van der Waals surface area (Å²) in [6, 6.07) is 14.9. The monoisotopic (exact) mass is 499 g/mol. The quantitative estimate of drug-likeness (QED) is 0.476. The Morgan fingerprint density at radius 2 is 1.79 bits per heavy atom. The van der Waals surface area contributed by atoms with E-state index in [9.17, 15) is 13.2 Å². The lowest BCUT2D eigenvalue weighted by molar-refractivity contribution is -0.113. The van der Waals surface area contributed by atoms with Gasteiger partial charge in [0.2, 0.25) is 15.9 Å². The molecule has 180 valence electrons. The number of hydrogen-bond acceptors (Lipinski definition) is 6. The Morgan fingerprint density at radius 3 is 2.53 bits per heavy atom. The average molecular weight is 500 g/mol. The fourth-order valence-corrected chi connectivity index (χ4v) is 6.14. The molecule has 8 nitrogen and oxygen atoms in total. The highest BCUT2D eigenvalue weighted by atomic mass is 32.2. The van der Waals surface area contributed by atoms with Gasteiger partial charge in [-0.05, 0) is 43.0 Å². The SMILES string of the molecule is Cc1ccc(S(=O)(=O)N2CCCCC2)cc1NC(=O)CSc1nnc(Cc2ccccc2)n1C. The van der Waals surface area contributed by atoms with Gasteiger partial charge in [0.25, 0.3) is 0 Å². The number of carbonyl (C=O) groups is 1. The van der Waals surface area contributed by atoms with Crippen molar-refractivity contribution in [1.82, 2.24) is 19.1 Å². The van der Waals surface area contributed by atoms with E-state index in [1.807, 2.05) is 48.9 Å². The predicted molar refractivity (Wildman–Crippen MR) is 133 cm³/mol. The maximum Gasteiger partial charge on any atom is 0.243 e. The number of thioether (sulfide) groups is 1. The molecule has 2 heterocycles. The number of piperidine rings is 1. The van der Waals surface area contributed by atoms with Gasteiger partial charge in [0.05, 0.1) is 10.6 Å². The third kappa shape index (κ3) is 5.68. The van der Waals surface area contributed by atoms with E-state index in [1.165, 1.54) is 16.1 Å². The van der Waals surface area contributed by atoms with Crippen molar-refractivity contribution in [2.75, 3.05) is 24.2 Å². The highest BCUT2D eigenvalue weighted by molar-refractivity contribution is 7.99. The molecule has 0 saturated carbocycles. The van der Waals surface area contributed by atoms with Crippen LogP contribution in [0.3, 0.4) is 0 Å². The van der Waals surface area contributed by atoms with Crippen LogP contribution in [0.25, 0.3) is 0 Å². The van der Waals surface area contributed by atoms with Crippen LogP contribution in [0.5, 0.6) is 0 Å². The lowest BCUT2D eigenvalue weighted by Gasteiger charge is -2.26. The molecular weight excluding hydrogens is 470 g/mol. The lowest BCUT2D eigenvalue weighted by Crippen LogP contribution is -2.35. The van der Waals surface area contributed by atoms with Crippen molar-refractivity contribution in [3.63, 3.8) is 0 Å². The van der Waals surface area contributed by atoms with Crippen molar-refractivity contribution in [2.45, 2.75) is 42.7 Å². The first-order chi connectivity index (χ1) is 16.3. The van der Waals surface area contributed by atoms with Crippen molar-refractivity contribution in [3.05, 3.63) is 65.5 Å². The molecule has 34 heavy (non-hydrogen) atoms. The molecule has 0 spiro atoms. The highest BCUT2D eigenvalue weighted by Crippen LogP contribution is 2.26. The molecule has 0 radical (unpaired) electrons. The van der Waals surface area contributed by atoms with E-state index in [2.05, 4.69) is 15.5 Å². The number of nitrogens with zero attached hydrogens (tertiary/aromatic N) is 4. The van der Waals surface area contributed by atoms with Crippen molar-refractivity contribution in [3.8, 4) is 0 Å². The minimum atomic E-state index is -3.57. The molecule has 4 rings (SSSR count). The highest BCUT2D eigenvalue weighted by Gasteiger charge is 2.26. The molecule has 0 bridgehead atoms. The van der Waals surface area contributed by atoms with Crippen molar-refractivity contribution in [1.29, 1.82) is 0 Å². The first-order valence-corrected chi connectivity index (χ1v) is 13.7. The van der Waals surface area contributed by atoms with Gasteiger partial charge < -0.3 is 9.88 Å². The fraction of sp³-hybridized carbons (Fsp3) is 0.375. The van der Waals surface area contributed by atoms with Gasteiger partial charge in [-0.3, -0.25) is 4.79 Å². The van der Waals surface area contributed by atoms with E-state index < -0.39 is 10.0 Å². The Balaban J connectivity index is 1.39. The molecule has 1 aromatic heterocycles. The third-order valence-corrected chi connectivity index (χ3v) is 8.81. The van der Waals surface area contributed by atoms with Crippen LogP contribution in [-0.4, -0.2) is 52.2 Å². The number of rotatable bonds is 8. The zero-order chi connectivity index (χ0) is 24.1. The average Bonchev–Trinajstić information content (AvgIpc) is 3.19. The zero-order valence-corrected chi connectivity index (χ0v) is 21.0.